The number of oxime groups is 1. The van der Waals surface area contributed by atoms with E-state index in [4.69, 9.17) is 14.7 Å². The summed E-state index contributed by atoms with van der Waals surface area (Å²) < 4.78 is 7.73. The molecule has 0 spiro atoms. The van der Waals surface area contributed by atoms with Crippen molar-refractivity contribution in [2.24, 2.45) is 5.16 Å². The maximum atomic E-state index is 10.9. The summed E-state index contributed by atoms with van der Waals surface area (Å²) in [6.07, 6.45) is 2.29. The fourth-order valence-electron chi connectivity index (χ4n) is 3.52. The highest BCUT2D eigenvalue weighted by Gasteiger charge is 2.10. The van der Waals surface area contributed by atoms with Crippen LogP contribution in [0.15, 0.2) is 84.0 Å². The Bertz CT molecular complexity index is 1260. The first-order valence-electron chi connectivity index (χ1n) is 10.6. The Morgan fingerprint density at radius 2 is 1.76 bits per heavy atom. The van der Waals surface area contributed by atoms with Crippen LogP contribution in [0, 0.1) is 0 Å². The Balaban J connectivity index is 1.31. The number of carboxylic acids is 1. The van der Waals surface area contributed by atoms with Gasteiger partial charge in [0.05, 0.1) is 18.5 Å². The lowest BCUT2D eigenvalue weighted by Crippen LogP contribution is -2.04. The normalized spacial score (nSPS) is 11.2. The van der Waals surface area contributed by atoms with E-state index < -0.39 is 5.97 Å². The smallest absolute Gasteiger partial charge is 0.339 e. The molecule has 168 valence electrons. The zero-order chi connectivity index (χ0) is 23.0. The van der Waals surface area contributed by atoms with Crippen LogP contribution in [0.2, 0.25) is 0 Å². The predicted molar refractivity (Wildman–Crippen MR) is 126 cm³/mol. The standard InChI is InChI=1S/C26H24N2O5/c29-25-16-22(11-12-23(25)26(30)31)32-13-6-14-33-27-17-21-15-20-9-4-5-10-24(20)28(21)18-19-7-2-1-3-8-19/h1-5,7-12,15-17,29H,6,13-14,18H2,(H,30,31). The van der Waals surface area contributed by atoms with E-state index in [1.807, 2.05) is 30.3 Å². The number of carboxylic acid groups (broad SMARTS) is 1. The van der Waals surface area contributed by atoms with E-state index >= 15 is 0 Å². The molecule has 0 amide bonds. The molecule has 0 unspecified atom stereocenters. The first kappa shape index (κ1) is 22.0. The SMILES string of the molecule is O=C(O)c1ccc(OCCCON=Cc2cc3ccccc3n2Cc2ccccc2)cc1O. The van der Waals surface area contributed by atoms with Crippen LogP contribution in [0.25, 0.3) is 10.9 Å². The zero-order valence-electron chi connectivity index (χ0n) is 17.9. The van der Waals surface area contributed by atoms with Crippen molar-refractivity contribution in [3.63, 3.8) is 0 Å². The molecule has 0 aliphatic heterocycles. The van der Waals surface area contributed by atoms with Crippen molar-refractivity contribution in [3.8, 4) is 11.5 Å². The average molecular weight is 444 g/mol. The summed E-state index contributed by atoms with van der Waals surface area (Å²) in [4.78, 5) is 16.3. The molecule has 7 nitrogen and oxygen atoms in total. The lowest BCUT2D eigenvalue weighted by molar-refractivity contribution is 0.0693. The van der Waals surface area contributed by atoms with Gasteiger partial charge in [-0.1, -0.05) is 53.7 Å². The van der Waals surface area contributed by atoms with Crippen LogP contribution in [-0.4, -0.2) is 40.2 Å². The summed E-state index contributed by atoms with van der Waals surface area (Å²) in [7, 11) is 0. The predicted octanol–water partition coefficient (Wildman–Crippen LogP) is 4.91. The lowest BCUT2D eigenvalue weighted by Gasteiger charge is -2.09. The Morgan fingerprint density at radius 3 is 2.55 bits per heavy atom. The minimum Gasteiger partial charge on any atom is -0.507 e. The molecule has 0 aliphatic rings. The minimum atomic E-state index is -1.19. The van der Waals surface area contributed by atoms with Crippen molar-refractivity contribution >= 4 is 23.1 Å². The third-order valence-electron chi connectivity index (χ3n) is 5.13. The number of rotatable bonds is 10. The molecule has 7 heteroatoms. The Hall–Kier alpha value is -4.26. The van der Waals surface area contributed by atoms with Crippen molar-refractivity contribution in [3.05, 3.63) is 95.7 Å². The molecule has 0 bridgehead atoms. The molecular formula is C26H24N2O5. The molecule has 0 saturated heterocycles. The molecule has 0 aliphatic carbocycles. The maximum Gasteiger partial charge on any atom is 0.339 e. The van der Waals surface area contributed by atoms with Crippen LogP contribution in [-0.2, 0) is 11.4 Å². The van der Waals surface area contributed by atoms with Crippen LogP contribution in [0.4, 0.5) is 0 Å². The number of nitrogens with zero attached hydrogens (tertiary/aromatic N) is 2. The number of hydrogen-bond acceptors (Lipinski definition) is 5. The first-order chi connectivity index (χ1) is 16.1. The van der Waals surface area contributed by atoms with Crippen molar-refractivity contribution in [1.29, 1.82) is 0 Å². The molecular weight excluding hydrogens is 420 g/mol. The molecule has 3 aromatic carbocycles. The number of hydrogen-bond donors (Lipinski definition) is 2. The molecule has 0 fully saturated rings. The van der Waals surface area contributed by atoms with Gasteiger partial charge in [0, 0.05) is 29.9 Å². The Morgan fingerprint density at radius 1 is 0.970 bits per heavy atom. The van der Waals surface area contributed by atoms with E-state index in [0.29, 0.717) is 25.4 Å². The maximum absolute atomic E-state index is 10.9. The van der Waals surface area contributed by atoms with E-state index in [9.17, 15) is 9.90 Å². The Labute approximate surface area is 191 Å². The molecule has 0 saturated carbocycles. The van der Waals surface area contributed by atoms with Gasteiger partial charge >= 0.3 is 5.97 Å². The Kier molecular flexibility index (Phi) is 6.90. The summed E-state index contributed by atoms with van der Waals surface area (Å²) >= 11 is 0. The highest BCUT2D eigenvalue weighted by atomic mass is 16.6. The monoisotopic (exact) mass is 444 g/mol. The number of benzene rings is 3. The number of aromatic hydroxyl groups is 1. The van der Waals surface area contributed by atoms with Crippen LogP contribution in [0.3, 0.4) is 0 Å². The number of fused-ring (bicyclic) bond motifs is 1. The van der Waals surface area contributed by atoms with Gasteiger partial charge in [0.15, 0.2) is 0 Å². The van der Waals surface area contributed by atoms with E-state index in [0.717, 1.165) is 23.1 Å². The minimum absolute atomic E-state index is 0.162. The fraction of sp³-hybridized carbons (Fsp3) is 0.154. The van der Waals surface area contributed by atoms with Gasteiger partial charge in [-0.2, -0.15) is 0 Å². The summed E-state index contributed by atoms with van der Waals surface area (Å²) in [6.45, 7) is 1.43. The van der Waals surface area contributed by atoms with Gasteiger partial charge in [-0.05, 0) is 29.8 Å². The number of phenols is 1. The van der Waals surface area contributed by atoms with Crippen LogP contribution in [0.5, 0.6) is 11.5 Å². The van der Waals surface area contributed by atoms with E-state index in [-0.39, 0.29) is 11.3 Å². The van der Waals surface area contributed by atoms with Crippen LogP contribution < -0.4 is 4.74 Å². The second-order valence-corrected chi connectivity index (χ2v) is 7.45. The van der Waals surface area contributed by atoms with Gasteiger partial charge in [0.1, 0.15) is 23.7 Å². The zero-order valence-corrected chi connectivity index (χ0v) is 17.9. The summed E-state index contributed by atoms with van der Waals surface area (Å²) in [5.74, 6) is -1.12. The van der Waals surface area contributed by atoms with Gasteiger partial charge in [-0.25, -0.2) is 4.79 Å². The largest absolute Gasteiger partial charge is 0.507 e. The van der Waals surface area contributed by atoms with E-state index in [2.05, 4.69) is 40.1 Å². The van der Waals surface area contributed by atoms with Crippen molar-refractivity contribution in [2.45, 2.75) is 13.0 Å². The molecule has 4 rings (SSSR count). The van der Waals surface area contributed by atoms with Gasteiger partial charge in [-0.15, -0.1) is 0 Å². The lowest BCUT2D eigenvalue weighted by atomic mass is 10.2. The molecule has 0 radical (unpaired) electrons. The topological polar surface area (TPSA) is 93.3 Å². The summed E-state index contributed by atoms with van der Waals surface area (Å²) in [6, 6.07) is 24.7. The van der Waals surface area contributed by atoms with Crippen LogP contribution in [0.1, 0.15) is 28.0 Å². The average Bonchev–Trinajstić information content (AvgIpc) is 3.16. The number of carbonyl (C=O) groups is 1. The number of para-hydroxylation sites is 1. The molecule has 1 heterocycles. The molecule has 2 N–H and O–H groups in total. The second-order valence-electron chi connectivity index (χ2n) is 7.45. The van der Waals surface area contributed by atoms with Crippen molar-refractivity contribution in [1.82, 2.24) is 4.57 Å². The highest BCUT2D eigenvalue weighted by Crippen LogP contribution is 2.24. The first-order valence-corrected chi connectivity index (χ1v) is 10.6. The van der Waals surface area contributed by atoms with Crippen molar-refractivity contribution in [2.75, 3.05) is 13.2 Å². The van der Waals surface area contributed by atoms with Gasteiger partial charge in [0.25, 0.3) is 0 Å². The number of ether oxygens (including phenoxy) is 1. The molecule has 1 aromatic heterocycles. The third kappa shape index (κ3) is 5.51. The van der Waals surface area contributed by atoms with Gasteiger partial charge in [0.2, 0.25) is 0 Å². The highest BCUT2D eigenvalue weighted by molar-refractivity contribution is 5.91. The third-order valence-corrected chi connectivity index (χ3v) is 5.13. The van der Waals surface area contributed by atoms with E-state index in [1.54, 1.807) is 6.21 Å². The van der Waals surface area contributed by atoms with E-state index in [1.165, 1.54) is 23.8 Å². The van der Waals surface area contributed by atoms with Crippen LogP contribution >= 0.6 is 0 Å². The van der Waals surface area contributed by atoms with Gasteiger partial charge in [-0.3, -0.25) is 0 Å². The molecule has 33 heavy (non-hydrogen) atoms. The van der Waals surface area contributed by atoms with Crippen molar-refractivity contribution < 1.29 is 24.6 Å². The second kappa shape index (κ2) is 10.4. The fourth-order valence-corrected chi connectivity index (χ4v) is 3.52. The summed E-state index contributed by atoms with van der Waals surface area (Å²) in [5.41, 5.74) is 3.12. The van der Waals surface area contributed by atoms with Gasteiger partial charge < -0.3 is 24.4 Å². The number of aromatic carboxylic acids is 1. The quantitative estimate of drug-likeness (QED) is 0.206. The molecule has 4 aromatic rings. The molecule has 0 atom stereocenters. The number of aromatic nitrogens is 1. The summed E-state index contributed by atoms with van der Waals surface area (Å²) in [5, 5.41) is 23.9.